The normalized spacial score (nSPS) is 12.2. The van der Waals surface area contributed by atoms with Crippen molar-refractivity contribution in [3.05, 3.63) is 69.1 Å². The van der Waals surface area contributed by atoms with E-state index in [0.717, 1.165) is 16.8 Å². The molecule has 0 saturated heterocycles. The van der Waals surface area contributed by atoms with E-state index in [0.29, 0.717) is 10.2 Å². The minimum Gasteiger partial charge on any atom is -0.301 e. The molecular weight excluding hydrogens is 388 g/mol. The van der Waals surface area contributed by atoms with Gasteiger partial charge in [0.15, 0.2) is 5.13 Å². The van der Waals surface area contributed by atoms with E-state index in [1.807, 2.05) is 43.5 Å². The molecule has 0 radical (unpaired) electrons. The smallest absolute Gasteiger partial charge is 0.233 e. The Labute approximate surface area is 175 Å². The summed E-state index contributed by atoms with van der Waals surface area (Å²) in [6.07, 6.45) is 0. The van der Waals surface area contributed by atoms with Gasteiger partial charge in [-0.15, -0.1) is 11.3 Å². The van der Waals surface area contributed by atoms with Crippen LogP contribution >= 0.6 is 22.9 Å². The third-order valence-corrected chi connectivity index (χ3v) is 5.86. The highest BCUT2D eigenvalue weighted by molar-refractivity contribution is 7.14. The Morgan fingerprint density at radius 2 is 1.68 bits per heavy atom. The predicted octanol–water partition coefficient (Wildman–Crippen LogP) is 6.77. The molecule has 0 aliphatic heterocycles. The number of aryl methyl sites for hydroxylation is 3. The third-order valence-electron chi connectivity index (χ3n) is 4.85. The highest BCUT2D eigenvalue weighted by Gasteiger charge is 2.25. The van der Waals surface area contributed by atoms with Crippen LogP contribution in [-0.2, 0) is 4.79 Å². The summed E-state index contributed by atoms with van der Waals surface area (Å²) in [7, 11) is 0. The van der Waals surface area contributed by atoms with Gasteiger partial charge in [-0.1, -0.05) is 55.3 Å². The fourth-order valence-corrected chi connectivity index (χ4v) is 4.55. The Balaban J connectivity index is 1.84. The van der Waals surface area contributed by atoms with Gasteiger partial charge in [-0.25, -0.2) is 4.98 Å². The summed E-state index contributed by atoms with van der Waals surface area (Å²) < 4.78 is 0. The van der Waals surface area contributed by atoms with Crippen molar-refractivity contribution in [2.24, 2.45) is 5.92 Å². The number of hydrogen-bond donors (Lipinski definition) is 1. The maximum atomic E-state index is 13.0. The molecule has 1 aromatic heterocycles. The first-order valence-corrected chi connectivity index (χ1v) is 10.6. The van der Waals surface area contributed by atoms with E-state index in [4.69, 9.17) is 11.6 Å². The second kappa shape index (κ2) is 8.46. The summed E-state index contributed by atoms with van der Waals surface area (Å²) in [5, 5.41) is 6.31. The van der Waals surface area contributed by atoms with Gasteiger partial charge in [-0.3, -0.25) is 4.79 Å². The maximum absolute atomic E-state index is 13.0. The highest BCUT2D eigenvalue weighted by atomic mass is 35.5. The van der Waals surface area contributed by atoms with Crippen molar-refractivity contribution >= 4 is 34.0 Å². The fraction of sp³-hybridized carbons (Fsp3) is 0.304. The van der Waals surface area contributed by atoms with Crippen molar-refractivity contribution in [1.82, 2.24) is 4.98 Å². The van der Waals surface area contributed by atoms with E-state index in [1.165, 1.54) is 28.0 Å². The number of carbonyl (C=O) groups is 1. The number of amides is 1. The van der Waals surface area contributed by atoms with Gasteiger partial charge in [-0.2, -0.15) is 0 Å². The van der Waals surface area contributed by atoms with E-state index >= 15 is 0 Å². The van der Waals surface area contributed by atoms with E-state index < -0.39 is 0 Å². The van der Waals surface area contributed by atoms with Gasteiger partial charge >= 0.3 is 0 Å². The number of anilines is 1. The van der Waals surface area contributed by atoms with E-state index in [1.54, 1.807) is 0 Å². The molecule has 0 fully saturated rings. The number of halogens is 1. The summed E-state index contributed by atoms with van der Waals surface area (Å²) >= 11 is 7.45. The van der Waals surface area contributed by atoms with E-state index in [9.17, 15) is 4.79 Å². The Morgan fingerprint density at radius 1 is 1.07 bits per heavy atom. The second-order valence-corrected chi connectivity index (χ2v) is 8.87. The first-order chi connectivity index (χ1) is 13.3. The molecular formula is C23H25ClN2OS. The molecule has 1 heterocycles. The van der Waals surface area contributed by atoms with Crippen molar-refractivity contribution < 1.29 is 4.79 Å². The summed E-state index contributed by atoms with van der Waals surface area (Å²) in [5.74, 6) is -0.148. The molecule has 0 aliphatic carbocycles. The zero-order valence-corrected chi connectivity index (χ0v) is 18.4. The van der Waals surface area contributed by atoms with Crippen LogP contribution in [0.3, 0.4) is 0 Å². The standard InChI is InChI=1S/C23H25ClN2OS/c1-13(2)20(17-6-8-18(24)9-7-17)22(27)26-23-25-19(12-28-23)21-15(4)10-14(3)11-16(21)5/h6-13,20H,1-5H3,(H,25,26,27)/t20-/m1/s1. The van der Waals surface area contributed by atoms with Crippen molar-refractivity contribution in [2.45, 2.75) is 40.5 Å². The number of hydrogen-bond acceptors (Lipinski definition) is 3. The number of carbonyl (C=O) groups excluding carboxylic acids is 1. The summed E-state index contributed by atoms with van der Waals surface area (Å²) in [5.41, 5.74) is 6.64. The predicted molar refractivity (Wildman–Crippen MR) is 119 cm³/mol. The molecule has 28 heavy (non-hydrogen) atoms. The zero-order valence-electron chi connectivity index (χ0n) is 16.8. The minimum absolute atomic E-state index is 0.0458. The maximum Gasteiger partial charge on any atom is 0.233 e. The van der Waals surface area contributed by atoms with Crippen LogP contribution in [0, 0.1) is 26.7 Å². The molecule has 3 nitrogen and oxygen atoms in total. The molecule has 3 aromatic rings. The lowest BCUT2D eigenvalue weighted by atomic mass is 9.88. The second-order valence-electron chi connectivity index (χ2n) is 7.57. The van der Waals surface area contributed by atoms with E-state index in [2.05, 4.69) is 43.2 Å². The van der Waals surface area contributed by atoms with Crippen LogP contribution in [-0.4, -0.2) is 10.9 Å². The lowest BCUT2D eigenvalue weighted by Crippen LogP contribution is -2.25. The monoisotopic (exact) mass is 412 g/mol. The van der Waals surface area contributed by atoms with Crippen LogP contribution in [0.4, 0.5) is 5.13 Å². The summed E-state index contributed by atoms with van der Waals surface area (Å²) in [6.45, 7) is 10.4. The lowest BCUT2D eigenvalue weighted by Gasteiger charge is -2.20. The number of nitrogens with zero attached hydrogens (tertiary/aromatic N) is 1. The number of rotatable bonds is 5. The average Bonchev–Trinajstić information content (AvgIpc) is 3.03. The Bertz CT molecular complexity index is 969. The SMILES string of the molecule is Cc1cc(C)c(-c2csc(NC(=O)[C@@H](c3ccc(Cl)cc3)C(C)C)n2)c(C)c1. The molecule has 1 amide bonds. The van der Waals surface area contributed by atoms with Gasteiger partial charge < -0.3 is 5.32 Å². The molecule has 0 spiro atoms. The van der Waals surface area contributed by atoms with Crippen LogP contribution in [0.2, 0.25) is 5.02 Å². The molecule has 0 saturated carbocycles. The molecule has 146 valence electrons. The van der Waals surface area contributed by atoms with Gasteiger partial charge in [0, 0.05) is 16.0 Å². The van der Waals surface area contributed by atoms with Gasteiger partial charge in [0.1, 0.15) is 0 Å². The van der Waals surface area contributed by atoms with E-state index in [-0.39, 0.29) is 17.7 Å². The average molecular weight is 413 g/mol. The van der Waals surface area contributed by atoms with Crippen LogP contribution in [0.5, 0.6) is 0 Å². The highest BCUT2D eigenvalue weighted by Crippen LogP contribution is 2.32. The molecule has 2 aromatic carbocycles. The zero-order chi connectivity index (χ0) is 20.4. The number of nitrogens with one attached hydrogen (secondary N) is 1. The minimum atomic E-state index is -0.257. The van der Waals surface area contributed by atoms with Gasteiger partial charge in [0.2, 0.25) is 5.91 Å². The number of benzene rings is 2. The quantitative estimate of drug-likeness (QED) is 0.502. The summed E-state index contributed by atoms with van der Waals surface area (Å²) in [6, 6.07) is 11.8. The third kappa shape index (κ3) is 4.45. The molecule has 1 N–H and O–H groups in total. The molecule has 5 heteroatoms. The van der Waals surface area contributed by atoms with Crippen LogP contribution in [0.15, 0.2) is 41.8 Å². The molecule has 0 bridgehead atoms. The largest absolute Gasteiger partial charge is 0.301 e. The van der Waals surface area contributed by atoms with Crippen LogP contribution in [0.1, 0.15) is 42.0 Å². The topological polar surface area (TPSA) is 42.0 Å². The van der Waals surface area contributed by atoms with Crippen LogP contribution < -0.4 is 5.32 Å². The molecule has 0 aliphatic rings. The van der Waals surface area contributed by atoms with Gasteiger partial charge in [0.05, 0.1) is 11.6 Å². The number of thiazole rings is 1. The van der Waals surface area contributed by atoms with Crippen LogP contribution in [0.25, 0.3) is 11.3 Å². The first kappa shape index (κ1) is 20.6. The van der Waals surface area contributed by atoms with Crippen molar-refractivity contribution in [3.63, 3.8) is 0 Å². The Hall–Kier alpha value is -2.17. The first-order valence-electron chi connectivity index (χ1n) is 9.36. The van der Waals surface area contributed by atoms with Crippen molar-refractivity contribution in [3.8, 4) is 11.3 Å². The fourth-order valence-electron chi connectivity index (χ4n) is 3.72. The Morgan fingerprint density at radius 3 is 2.25 bits per heavy atom. The van der Waals surface area contributed by atoms with Crippen molar-refractivity contribution in [2.75, 3.05) is 5.32 Å². The van der Waals surface area contributed by atoms with Crippen molar-refractivity contribution in [1.29, 1.82) is 0 Å². The van der Waals surface area contributed by atoms with Gasteiger partial charge in [-0.05, 0) is 55.5 Å². The summed E-state index contributed by atoms with van der Waals surface area (Å²) in [4.78, 5) is 17.7. The molecule has 0 unspecified atom stereocenters. The molecule has 3 rings (SSSR count). The lowest BCUT2D eigenvalue weighted by molar-refractivity contribution is -0.118. The molecule has 1 atom stereocenters. The number of aromatic nitrogens is 1. The van der Waals surface area contributed by atoms with Gasteiger partial charge in [0.25, 0.3) is 0 Å². The Kier molecular flexibility index (Phi) is 6.21.